The topological polar surface area (TPSA) is 109 Å². The van der Waals surface area contributed by atoms with Crippen molar-refractivity contribution in [3.05, 3.63) is 29.3 Å². The normalized spacial score (nSPS) is 23.2. The maximum Gasteiger partial charge on any atom is 0.407 e. The van der Waals surface area contributed by atoms with Crippen LogP contribution in [-0.4, -0.2) is 48.7 Å². The SMILES string of the molecule is CC(C)(C)OC(=O)NCCNC1CC(Nc2cc(F)c(C3CCC(=O)NC3=O)c(F)c2)C1. The van der Waals surface area contributed by atoms with E-state index in [1.54, 1.807) is 20.8 Å². The minimum Gasteiger partial charge on any atom is -0.444 e. The van der Waals surface area contributed by atoms with Crippen LogP contribution in [0.1, 0.15) is 57.9 Å². The molecule has 1 atom stereocenters. The van der Waals surface area contributed by atoms with Gasteiger partial charge in [-0.1, -0.05) is 0 Å². The third-order valence-electron chi connectivity index (χ3n) is 5.40. The zero-order valence-corrected chi connectivity index (χ0v) is 18.5. The molecule has 2 aliphatic rings. The van der Waals surface area contributed by atoms with Gasteiger partial charge in [0, 0.05) is 42.8 Å². The monoisotopic (exact) mass is 452 g/mol. The van der Waals surface area contributed by atoms with Gasteiger partial charge in [-0.2, -0.15) is 0 Å². The lowest BCUT2D eigenvalue weighted by molar-refractivity contribution is -0.134. The first-order chi connectivity index (χ1) is 15.0. The van der Waals surface area contributed by atoms with Crippen LogP contribution in [0, 0.1) is 11.6 Å². The van der Waals surface area contributed by atoms with Gasteiger partial charge in [0.15, 0.2) is 0 Å². The Balaban J connectivity index is 1.42. The van der Waals surface area contributed by atoms with Gasteiger partial charge >= 0.3 is 6.09 Å². The van der Waals surface area contributed by atoms with Gasteiger partial charge in [-0.25, -0.2) is 13.6 Å². The van der Waals surface area contributed by atoms with Crippen LogP contribution in [0.3, 0.4) is 0 Å². The van der Waals surface area contributed by atoms with Crippen molar-refractivity contribution < 1.29 is 27.9 Å². The molecule has 176 valence electrons. The smallest absolute Gasteiger partial charge is 0.407 e. The maximum absolute atomic E-state index is 14.6. The highest BCUT2D eigenvalue weighted by atomic mass is 19.1. The van der Waals surface area contributed by atoms with Gasteiger partial charge in [0.25, 0.3) is 0 Å². The summed E-state index contributed by atoms with van der Waals surface area (Å²) >= 11 is 0. The fourth-order valence-corrected chi connectivity index (χ4v) is 3.86. The number of nitrogens with one attached hydrogen (secondary N) is 4. The predicted molar refractivity (Wildman–Crippen MR) is 114 cm³/mol. The summed E-state index contributed by atoms with van der Waals surface area (Å²) in [7, 11) is 0. The van der Waals surface area contributed by atoms with E-state index < -0.39 is 41.1 Å². The fraction of sp³-hybridized carbons (Fsp3) is 0.591. The van der Waals surface area contributed by atoms with E-state index in [1.165, 1.54) is 12.1 Å². The largest absolute Gasteiger partial charge is 0.444 e. The molecule has 4 N–H and O–H groups in total. The Hall–Kier alpha value is -2.75. The lowest BCUT2D eigenvalue weighted by Crippen LogP contribution is -2.49. The minimum absolute atomic E-state index is 0.0546. The number of rotatable bonds is 7. The summed E-state index contributed by atoms with van der Waals surface area (Å²) in [6.45, 7) is 6.41. The van der Waals surface area contributed by atoms with Crippen molar-refractivity contribution in [2.45, 2.75) is 70.1 Å². The van der Waals surface area contributed by atoms with Crippen molar-refractivity contribution in [1.29, 1.82) is 0 Å². The van der Waals surface area contributed by atoms with Crippen LogP contribution in [0.25, 0.3) is 0 Å². The second kappa shape index (κ2) is 9.81. The van der Waals surface area contributed by atoms with E-state index in [4.69, 9.17) is 4.74 Å². The maximum atomic E-state index is 14.6. The molecule has 1 saturated carbocycles. The molecule has 1 aliphatic carbocycles. The van der Waals surface area contributed by atoms with Crippen molar-refractivity contribution in [2.75, 3.05) is 18.4 Å². The Labute approximate surface area is 185 Å². The molecular weight excluding hydrogens is 422 g/mol. The first-order valence-electron chi connectivity index (χ1n) is 10.8. The first-order valence-corrected chi connectivity index (χ1v) is 10.8. The number of imide groups is 1. The standard InChI is InChI=1S/C22H30F2N4O4/c1-22(2,3)32-21(31)26-7-6-25-12-8-13(9-12)27-14-10-16(23)19(17(24)11-14)15-4-5-18(29)28-20(15)30/h10-13,15,25,27H,4-9H2,1-3H3,(H,26,31)(H,28,29,30). The molecule has 1 aromatic rings. The molecule has 0 aromatic heterocycles. The molecule has 1 aromatic carbocycles. The van der Waals surface area contributed by atoms with Crippen molar-refractivity contribution >= 4 is 23.6 Å². The Morgan fingerprint density at radius 1 is 1.12 bits per heavy atom. The highest BCUT2D eigenvalue weighted by Gasteiger charge is 2.33. The summed E-state index contributed by atoms with van der Waals surface area (Å²) < 4.78 is 34.3. The zero-order valence-electron chi connectivity index (χ0n) is 18.5. The zero-order chi connectivity index (χ0) is 23.5. The first kappa shape index (κ1) is 23.9. The molecule has 3 rings (SSSR count). The third kappa shape index (κ3) is 6.38. The molecule has 1 saturated heterocycles. The van der Waals surface area contributed by atoms with Crippen LogP contribution >= 0.6 is 0 Å². The quantitative estimate of drug-likeness (QED) is 0.374. The number of benzene rings is 1. The van der Waals surface area contributed by atoms with Gasteiger partial charge in [-0.15, -0.1) is 0 Å². The second-order valence-corrected chi connectivity index (χ2v) is 9.25. The highest BCUT2D eigenvalue weighted by molar-refractivity contribution is 6.01. The molecule has 2 fully saturated rings. The number of carbonyl (C=O) groups is 3. The lowest BCUT2D eigenvalue weighted by Gasteiger charge is -2.37. The summed E-state index contributed by atoms with van der Waals surface area (Å²) in [5.41, 5.74) is -0.527. The number of piperidine rings is 1. The minimum atomic E-state index is -1.01. The van der Waals surface area contributed by atoms with Crippen molar-refractivity contribution in [3.63, 3.8) is 0 Å². The van der Waals surface area contributed by atoms with Crippen LogP contribution < -0.4 is 21.3 Å². The van der Waals surface area contributed by atoms with Crippen molar-refractivity contribution in [3.8, 4) is 0 Å². The molecule has 32 heavy (non-hydrogen) atoms. The summed E-state index contributed by atoms with van der Waals surface area (Å²) in [4.78, 5) is 34.8. The highest BCUT2D eigenvalue weighted by Crippen LogP contribution is 2.32. The Morgan fingerprint density at radius 2 is 1.78 bits per heavy atom. The van der Waals surface area contributed by atoms with Gasteiger partial charge in [-0.05, 0) is 52.2 Å². The number of anilines is 1. The molecular formula is C22H30F2N4O4. The summed E-state index contributed by atoms with van der Waals surface area (Å²) in [5.74, 6) is -3.71. The third-order valence-corrected chi connectivity index (χ3v) is 5.40. The number of alkyl carbamates (subject to hydrolysis) is 1. The Morgan fingerprint density at radius 3 is 2.38 bits per heavy atom. The summed E-state index contributed by atoms with van der Waals surface area (Å²) in [6.07, 6.45) is 1.22. The summed E-state index contributed by atoms with van der Waals surface area (Å²) in [5, 5.41) is 11.2. The van der Waals surface area contributed by atoms with Gasteiger partial charge < -0.3 is 20.7 Å². The fourth-order valence-electron chi connectivity index (χ4n) is 3.86. The molecule has 10 heteroatoms. The number of hydrogen-bond donors (Lipinski definition) is 4. The van der Waals surface area contributed by atoms with E-state index in [-0.39, 0.29) is 30.5 Å². The number of carbonyl (C=O) groups excluding carboxylic acids is 3. The number of hydrogen-bond acceptors (Lipinski definition) is 6. The van der Waals surface area contributed by atoms with Gasteiger partial charge in [0.2, 0.25) is 11.8 Å². The number of amides is 3. The van der Waals surface area contributed by atoms with E-state index in [0.717, 1.165) is 12.8 Å². The van der Waals surface area contributed by atoms with Crippen molar-refractivity contribution in [1.82, 2.24) is 16.0 Å². The Bertz CT molecular complexity index is 858. The second-order valence-electron chi connectivity index (χ2n) is 9.25. The van der Waals surface area contributed by atoms with E-state index in [9.17, 15) is 23.2 Å². The van der Waals surface area contributed by atoms with Crippen LogP contribution in [0.2, 0.25) is 0 Å². The molecule has 0 spiro atoms. The number of ether oxygens (including phenoxy) is 1. The molecule has 3 amide bonds. The van der Waals surface area contributed by atoms with Crippen molar-refractivity contribution in [2.24, 2.45) is 0 Å². The lowest BCUT2D eigenvalue weighted by atomic mass is 9.86. The van der Waals surface area contributed by atoms with Gasteiger partial charge in [0.05, 0.1) is 5.92 Å². The average Bonchev–Trinajstić information content (AvgIpc) is 2.62. The molecule has 1 aliphatic heterocycles. The van der Waals surface area contributed by atoms with E-state index in [0.29, 0.717) is 18.8 Å². The van der Waals surface area contributed by atoms with Crippen LogP contribution in [0.5, 0.6) is 0 Å². The van der Waals surface area contributed by atoms with E-state index in [1.807, 2.05) is 0 Å². The molecule has 1 unspecified atom stereocenters. The van der Waals surface area contributed by atoms with Crippen LogP contribution in [0.4, 0.5) is 19.3 Å². The van der Waals surface area contributed by atoms with E-state index >= 15 is 0 Å². The predicted octanol–water partition coefficient (Wildman–Crippen LogP) is 2.54. The molecule has 0 radical (unpaired) electrons. The summed E-state index contributed by atoms with van der Waals surface area (Å²) in [6, 6.07) is 2.68. The van der Waals surface area contributed by atoms with Crippen LogP contribution in [0.15, 0.2) is 12.1 Å². The molecule has 1 heterocycles. The van der Waals surface area contributed by atoms with E-state index in [2.05, 4.69) is 21.3 Å². The van der Waals surface area contributed by atoms with Gasteiger partial charge in [-0.3, -0.25) is 14.9 Å². The molecule has 0 bridgehead atoms. The number of halogens is 2. The van der Waals surface area contributed by atoms with Crippen LogP contribution in [-0.2, 0) is 14.3 Å². The van der Waals surface area contributed by atoms with Gasteiger partial charge in [0.1, 0.15) is 17.2 Å². The Kier molecular flexibility index (Phi) is 7.33. The average molecular weight is 453 g/mol. The molecule has 8 nitrogen and oxygen atoms in total.